The van der Waals surface area contributed by atoms with E-state index in [9.17, 15) is 27.9 Å². The Bertz CT molecular complexity index is 814. The Labute approximate surface area is 159 Å². The van der Waals surface area contributed by atoms with Gasteiger partial charge in [0.25, 0.3) is 0 Å². The first-order valence-electron chi connectivity index (χ1n) is 8.42. The Balaban J connectivity index is 2.07. The van der Waals surface area contributed by atoms with Gasteiger partial charge in [-0.05, 0) is 25.5 Å². The molecule has 0 aliphatic rings. The molecule has 0 spiro atoms. The summed E-state index contributed by atoms with van der Waals surface area (Å²) in [4.78, 5) is 28.0. The summed E-state index contributed by atoms with van der Waals surface area (Å²) in [7, 11) is 0. The molecule has 2 aromatic rings. The van der Waals surface area contributed by atoms with E-state index in [-0.39, 0.29) is 18.6 Å². The largest absolute Gasteiger partial charge is 0.481 e. The number of aromatic nitrogens is 1. The van der Waals surface area contributed by atoms with Crippen molar-refractivity contribution in [1.82, 2.24) is 4.98 Å². The van der Waals surface area contributed by atoms with Gasteiger partial charge in [0, 0.05) is 23.8 Å². The second-order valence-electron chi connectivity index (χ2n) is 6.73. The lowest BCUT2D eigenvalue weighted by Crippen LogP contribution is -2.30. The summed E-state index contributed by atoms with van der Waals surface area (Å²) in [5.41, 5.74) is -0.808. The van der Waals surface area contributed by atoms with Gasteiger partial charge in [0.2, 0.25) is 0 Å². The van der Waals surface area contributed by atoms with Crippen LogP contribution in [0.1, 0.15) is 44.4 Å². The third kappa shape index (κ3) is 5.38. The lowest BCUT2D eigenvalue weighted by molar-refractivity contribution is -0.150. The molecule has 1 heterocycles. The fraction of sp³-hybridized carbons (Fsp3) is 0.421. The molecule has 27 heavy (non-hydrogen) atoms. The van der Waals surface area contributed by atoms with Crippen LogP contribution in [0.2, 0.25) is 0 Å². The molecule has 0 aliphatic heterocycles. The molecule has 1 N–H and O–H groups in total. The van der Waals surface area contributed by atoms with Crippen LogP contribution in [0.15, 0.2) is 29.6 Å². The van der Waals surface area contributed by atoms with Crippen LogP contribution in [-0.4, -0.2) is 21.8 Å². The van der Waals surface area contributed by atoms with Crippen LogP contribution < -0.4 is 0 Å². The summed E-state index contributed by atoms with van der Waals surface area (Å²) in [6.45, 7) is 3.42. The molecule has 1 aromatic carbocycles. The zero-order valence-electron chi connectivity index (χ0n) is 15.0. The molecule has 0 amide bonds. The highest BCUT2D eigenvalue weighted by molar-refractivity contribution is 7.13. The van der Waals surface area contributed by atoms with Crippen molar-refractivity contribution in [3.05, 3.63) is 40.9 Å². The molecule has 0 saturated carbocycles. The smallest absolute Gasteiger partial charge is 0.416 e. The summed E-state index contributed by atoms with van der Waals surface area (Å²) in [6.07, 6.45) is -3.41. The van der Waals surface area contributed by atoms with Crippen LogP contribution >= 0.6 is 11.3 Å². The lowest BCUT2D eigenvalue weighted by atomic mass is 9.80. The standard InChI is InChI=1S/C19H20F3NO3S/c1-3-8-18(2,17(25)26)10-15(24)9-14-11-27-16(23-14)12-4-6-13(7-5-12)19(20,21)22/h4-7,11H,3,8-10H2,1-2H3,(H,25,26). The van der Waals surface area contributed by atoms with Crippen molar-refractivity contribution < 1.29 is 27.9 Å². The van der Waals surface area contributed by atoms with Crippen molar-refractivity contribution in [2.75, 3.05) is 0 Å². The normalized spacial score (nSPS) is 14.0. The van der Waals surface area contributed by atoms with E-state index in [4.69, 9.17) is 0 Å². The summed E-state index contributed by atoms with van der Waals surface area (Å²) in [5, 5.41) is 11.5. The van der Waals surface area contributed by atoms with E-state index in [0.29, 0.717) is 29.1 Å². The second kappa shape index (κ2) is 8.21. The van der Waals surface area contributed by atoms with Crippen LogP contribution in [0, 0.1) is 5.41 Å². The number of alkyl halides is 3. The second-order valence-corrected chi connectivity index (χ2v) is 7.59. The molecule has 146 valence electrons. The molecule has 4 nitrogen and oxygen atoms in total. The first-order valence-corrected chi connectivity index (χ1v) is 9.30. The van der Waals surface area contributed by atoms with E-state index in [1.54, 1.807) is 12.3 Å². The molecule has 2 rings (SSSR count). The first kappa shape index (κ1) is 21.1. The number of hydrogen-bond donors (Lipinski definition) is 1. The maximum absolute atomic E-state index is 12.6. The van der Waals surface area contributed by atoms with Crippen molar-refractivity contribution in [3.8, 4) is 10.6 Å². The highest BCUT2D eigenvalue weighted by atomic mass is 32.1. The zero-order chi connectivity index (χ0) is 20.2. The maximum Gasteiger partial charge on any atom is 0.416 e. The molecular weight excluding hydrogens is 379 g/mol. The third-order valence-electron chi connectivity index (χ3n) is 4.29. The Morgan fingerprint density at radius 1 is 1.19 bits per heavy atom. The Hall–Kier alpha value is -2.22. The number of carboxylic acid groups (broad SMARTS) is 1. The molecule has 8 heteroatoms. The average Bonchev–Trinajstić information content (AvgIpc) is 3.02. The van der Waals surface area contributed by atoms with Crippen LogP contribution in [0.25, 0.3) is 10.6 Å². The van der Waals surface area contributed by atoms with Gasteiger partial charge in [-0.15, -0.1) is 11.3 Å². The number of hydrogen-bond acceptors (Lipinski definition) is 4. The van der Waals surface area contributed by atoms with Gasteiger partial charge in [0.05, 0.1) is 16.7 Å². The van der Waals surface area contributed by atoms with Crippen molar-refractivity contribution in [2.45, 2.75) is 45.7 Å². The molecule has 0 saturated heterocycles. The zero-order valence-corrected chi connectivity index (χ0v) is 15.8. The minimum Gasteiger partial charge on any atom is -0.481 e. The Kier molecular flexibility index (Phi) is 6.41. The predicted octanol–water partition coefficient (Wildman–Crippen LogP) is 5.22. The topological polar surface area (TPSA) is 67.3 Å². The quantitative estimate of drug-likeness (QED) is 0.661. The third-order valence-corrected chi connectivity index (χ3v) is 5.23. The van der Waals surface area contributed by atoms with Gasteiger partial charge >= 0.3 is 12.1 Å². The van der Waals surface area contributed by atoms with Crippen LogP contribution in [0.5, 0.6) is 0 Å². The molecule has 0 aliphatic carbocycles. The maximum atomic E-state index is 12.6. The first-order chi connectivity index (χ1) is 12.5. The fourth-order valence-corrected chi connectivity index (χ4v) is 3.67. The Morgan fingerprint density at radius 3 is 2.33 bits per heavy atom. The number of benzene rings is 1. The number of ketones is 1. The molecular formula is C19H20F3NO3S. The van der Waals surface area contributed by atoms with Gasteiger partial charge in [0.15, 0.2) is 0 Å². The van der Waals surface area contributed by atoms with Gasteiger partial charge in [-0.25, -0.2) is 4.98 Å². The fourth-order valence-electron chi connectivity index (χ4n) is 2.84. The molecule has 1 unspecified atom stereocenters. The van der Waals surface area contributed by atoms with E-state index < -0.39 is 23.1 Å². The van der Waals surface area contributed by atoms with Gasteiger partial charge in [-0.1, -0.05) is 25.5 Å². The number of carbonyl (C=O) groups excluding carboxylic acids is 1. The number of carbonyl (C=O) groups is 2. The molecule has 0 fully saturated rings. The van der Waals surface area contributed by atoms with Crippen LogP contribution in [0.4, 0.5) is 13.2 Å². The number of aliphatic carboxylic acids is 1. The minimum atomic E-state index is -4.39. The van der Waals surface area contributed by atoms with Gasteiger partial charge < -0.3 is 5.11 Å². The lowest BCUT2D eigenvalue weighted by Gasteiger charge is -2.23. The highest BCUT2D eigenvalue weighted by Crippen LogP contribution is 2.32. The van der Waals surface area contributed by atoms with Crippen molar-refractivity contribution in [3.63, 3.8) is 0 Å². The van der Waals surface area contributed by atoms with Gasteiger partial charge in [-0.2, -0.15) is 13.2 Å². The number of thiazole rings is 1. The van der Waals surface area contributed by atoms with Crippen molar-refractivity contribution >= 4 is 23.1 Å². The summed E-state index contributed by atoms with van der Waals surface area (Å²) < 4.78 is 37.9. The van der Waals surface area contributed by atoms with Crippen LogP contribution in [0.3, 0.4) is 0 Å². The monoisotopic (exact) mass is 399 g/mol. The number of Topliss-reactive ketones (excluding diaryl/α,β-unsaturated/α-hetero) is 1. The Morgan fingerprint density at radius 2 is 1.81 bits per heavy atom. The number of carboxylic acids is 1. The van der Waals surface area contributed by atoms with Crippen molar-refractivity contribution in [2.24, 2.45) is 5.41 Å². The predicted molar refractivity (Wildman–Crippen MR) is 96.5 cm³/mol. The molecule has 0 radical (unpaired) electrons. The molecule has 1 aromatic heterocycles. The summed E-state index contributed by atoms with van der Waals surface area (Å²) in [6, 6.07) is 4.67. The van der Waals surface area contributed by atoms with E-state index in [2.05, 4.69) is 4.98 Å². The number of rotatable bonds is 8. The summed E-state index contributed by atoms with van der Waals surface area (Å²) >= 11 is 1.23. The van der Waals surface area contributed by atoms with E-state index in [1.165, 1.54) is 23.5 Å². The van der Waals surface area contributed by atoms with Crippen LogP contribution in [-0.2, 0) is 22.2 Å². The molecule has 1 atom stereocenters. The SMILES string of the molecule is CCCC(C)(CC(=O)Cc1csc(-c2ccc(C(F)(F)F)cc2)n1)C(=O)O. The number of nitrogens with zero attached hydrogens (tertiary/aromatic N) is 1. The molecule has 0 bridgehead atoms. The van der Waals surface area contributed by atoms with E-state index in [1.807, 2.05) is 6.92 Å². The van der Waals surface area contributed by atoms with Gasteiger partial charge in [-0.3, -0.25) is 9.59 Å². The van der Waals surface area contributed by atoms with Crippen molar-refractivity contribution in [1.29, 1.82) is 0 Å². The minimum absolute atomic E-state index is 0.00369. The van der Waals surface area contributed by atoms with E-state index in [0.717, 1.165) is 12.1 Å². The number of halogens is 3. The summed E-state index contributed by atoms with van der Waals surface area (Å²) in [5.74, 6) is -1.22. The highest BCUT2D eigenvalue weighted by Gasteiger charge is 2.34. The van der Waals surface area contributed by atoms with E-state index >= 15 is 0 Å². The van der Waals surface area contributed by atoms with Gasteiger partial charge in [0.1, 0.15) is 10.8 Å². The average molecular weight is 399 g/mol.